The maximum absolute atomic E-state index is 5.54. The van der Waals surface area contributed by atoms with Crippen molar-refractivity contribution in [1.82, 2.24) is 9.78 Å². The zero-order chi connectivity index (χ0) is 9.52. The molecule has 72 valence electrons. The first-order valence-corrected chi connectivity index (χ1v) is 5.05. The standard InChI is InChI=1S/C10H15ClN2/c1-13-9-10(8-12-13)6-4-2-3-5-7-11/h2-3,8-9H,4-7H2,1H3/b3-2+. The Labute approximate surface area is 84.2 Å². The number of hydrogen-bond donors (Lipinski definition) is 0. The summed E-state index contributed by atoms with van der Waals surface area (Å²) in [5, 5.41) is 4.10. The summed E-state index contributed by atoms with van der Waals surface area (Å²) in [4.78, 5) is 0. The SMILES string of the molecule is Cn1cc(CC/C=C/CCCl)cn1. The lowest BCUT2D eigenvalue weighted by Crippen LogP contribution is -1.84. The van der Waals surface area contributed by atoms with Crippen LogP contribution in [0.3, 0.4) is 0 Å². The van der Waals surface area contributed by atoms with Crippen molar-refractivity contribution < 1.29 is 0 Å². The Bertz CT molecular complexity index is 266. The van der Waals surface area contributed by atoms with Gasteiger partial charge in [-0.1, -0.05) is 12.2 Å². The van der Waals surface area contributed by atoms with Crippen molar-refractivity contribution in [3.8, 4) is 0 Å². The second-order valence-corrected chi connectivity index (χ2v) is 3.39. The number of aryl methyl sites for hydroxylation is 2. The molecule has 0 bridgehead atoms. The van der Waals surface area contributed by atoms with Crippen molar-refractivity contribution in [1.29, 1.82) is 0 Å². The summed E-state index contributed by atoms with van der Waals surface area (Å²) in [6, 6.07) is 0. The van der Waals surface area contributed by atoms with Gasteiger partial charge >= 0.3 is 0 Å². The van der Waals surface area contributed by atoms with Gasteiger partial charge in [0.25, 0.3) is 0 Å². The number of aromatic nitrogens is 2. The third kappa shape index (κ3) is 4.13. The van der Waals surface area contributed by atoms with E-state index in [9.17, 15) is 0 Å². The summed E-state index contributed by atoms with van der Waals surface area (Å²) in [5.41, 5.74) is 1.29. The molecule has 1 heterocycles. The highest BCUT2D eigenvalue weighted by atomic mass is 35.5. The van der Waals surface area contributed by atoms with Crippen LogP contribution in [0.2, 0.25) is 0 Å². The van der Waals surface area contributed by atoms with Crippen molar-refractivity contribution in [2.45, 2.75) is 19.3 Å². The monoisotopic (exact) mass is 198 g/mol. The Balaban J connectivity index is 2.20. The second-order valence-electron chi connectivity index (χ2n) is 3.01. The number of allylic oxidation sites excluding steroid dienone is 2. The molecule has 1 rings (SSSR count). The van der Waals surface area contributed by atoms with Gasteiger partial charge in [-0.2, -0.15) is 5.10 Å². The van der Waals surface area contributed by atoms with Crippen LogP contribution < -0.4 is 0 Å². The highest BCUT2D eigenvalue weighted by Crippen LogP contribution is 2.01. The van der Waals surface area contributed by atoms with Gasteiger partial charge in [0.1, 0.15) is 0 Å². The Morgan fingerprint density at radius 1 is 1.46 bits per heavy atom. The van der Waals surface area contributed by atoms with Gasteiger partial charge in [0.2, 0.25) is 0 Å². The molecule has 1 aromatic heterocycles. The van der Waals surface area contributed by atoms with E-state index in [-0.39, 0.29) is 0 Å². The molecular formula is C10H15ClN2. The molecule has 0 unspecified atom stereocenters. The van der Waals surface area contributed by atoms with Crippen LogP contribution in [0.25, 0.3) is 0 Å². The quantitative estimate of drug-likeness (QED) is 0.525. The lowest BCUT2D eigenvalue weighted by molar-refractivity contribution is 0.766. The van der Waals surface area contributed by atoms with Crippen molar-refractivity contribution >= 4 is 11.6 Å². The van der Waals surface area contributed by atoms with E-state index in [1.54, 1.807) is 0 Å². The number of halogens is 1. The van der Waals surface area contributed by atoms with Crippen LogP contribution in [0.4, 0.5) is 0 Å². The molecule has 13 heavy (non-hydrogen) atoms. The highest BCUT2D eigenvalue weighted by Gasteiger charge is 1.92. The van der Waals surface area contributed by atoms with Gasteiger partial charge < -0.3 is 0 Å². The van der Waals surface area contributed by atoms with E-state index in [1.165, 1.54) is 5.56 Å². The molecule has 0 saturated carbocycles. The fourth-order valence-electron chi connectivity index (χ4n) is 1.15. The lowest BCUT2D eigenvalue weighted by atomic mass is 10.2. The molecule has 1 aromatic rings. The van der Waals surface area contributed by atoms with Crippen molar-refractivity contribution in [3.63, 3.8) is 0 Å². The zero-order valence-corrected chi connectivity index (χ0v) is 8.67. The molecule has 0 aliphatic heterocycles. The molecule has 0 radical (unpaired) electrons. The van der Waals surface area contributed by atoms with E-state index < -0.39 is 0 Å². The Morgan fingerprint density at radius 2 is 2.23 bits per heavy atom. The molecule has 0 aliphatic rings. The molecular weight excluding hydrogens is 184 g/mol. The summed E-state index contributed by atoms with van der Waals surface area (Å²) in [7, 11) is 1.94. The van der Waals surface area contributed by atoms with E-state index in [1.807, 2.05) is 17.9 Å². The predicted molar refractivity (Wildman–Crippen MR) is 56.0 cm³/mol. The molecule has 0 atom stereocenters. The van der Waals surface area contributed by atoms with Crippen LogP contribution in [-0.4, -0.2) is 15.7 Å². The van der Waals surface area contributed by atoms with Gasteiger partial charge in [0.05, 0.1) is 6.20 Å². The largest absolute Gasteiger partial charge is 0.276 e. The van der Waals surface area contributed by atoms with Gasteiger partial charge in [-0.25, -0.2) is 0 Å². The maximum Gasteiger partial charge on any atom is 0.0521 e. The van der Waals surface area contributed by atoms with Gasteiger partial charge in [0.15, 0.2) is 0 Å². The van der Waals surface area contributed by atoms with Crippen LogP contribution in [0.1, 0.15) is 18.4 Å². The number of nitrogens with zero attached hydrogens (tertiary/aromatic N) is 2. The maximum atomic E-state index is 5.54. The first kappa shape index (κ1) is 10.3. The normalized spacial score (nSPS) is 11.2. The minimum Gasteiger partial charge on any atom is -0.276 e. The molecule has 2 nitrogen and oxygen atoms in total. The zero-order valence-electron chi connectivity index (χ0n) is 7.91. The third-order valence-corrected chi connectivity index (χ3v) is 2.02. The molecule has 0 amide bonds. The van der Waals surface area contributed by atoms with E-state index in [4.69, 9.17) is 11.6 Å². The van der Waals surface area contributed by atoms with Crippen molar-refractivity contribution in [3.05, 3.63) is 30.1 Å². The van der Waals surface area contributed by atoms with Gasteiger partial charge in [0, 0.05) is 19.1 Å². The van der Waals surface area contributed by atoms with Crippen molar-refractivity contribution in [2.24, 2.45) is 7.05 Å². The van der Waals surface area contributed by atoms with Crippen LogP contribution in [0.15, 0.2) is 24.5 Å². The summed E-state index contributed by atoms with van der Waals surface area (Å²) < 4.78 is 1.83. The molecule has 0 aromatic carbocycles. The summed E-state index contributed by atoms with van der Waals surface area (Å²) in [6.07, 6.45) is 11.4. The van der Waals surface area contributed by atoms with Crippen LogP contribution in [0, 0.1) is 0 Å². The minimum atomic E-state index is 0.712. The van der Waals surface area contributed by atoms with Gasteiger partial charge in [-0.05, 0) is 24.8 Å². The van der Waals surface area contributed by atoms with E-state index >= 15 is 0 Å². The smallest absolute Gasteiger partial charge is 0.0521 e. The fourth-order valence-corrected chi connectivity index (χ4v) is 1.28. The van der Waals surface area contributed by atoms with Gasteiger partial charge in [-0.15, -0.1) is 11.6 Å². The molecule has 0 N–H and O–H groups in total. The van der Waals surface area contributed by atoms with E-state index in [0.717, 1.165) is 19.3 Å². The van der Waals surface area contributed by atoms with Gasteiger partial charge in [-0.3, -0.25) is 4.68 Å². The van der Waals surface area contributed by atoms with Crippen LogP contribution >= 0.6 is 11.6 Å². The van der Waals surface area contributed by atoms with Crippen LogP contribution in [-0.2, 0) is 13.5 Å². The lowest BCUT2D eigenvalue weighted by Gasteiger charge is -1.90. The molecule has 0 fully saturated rings. The van der Waals surface area contributed by atoms with E-state index in [0.29, 0.717) is 5.88 Å². The average molecular weight is 199 g/mol. The summed E-state index contributed by atoms with van der Waals surface area (Å²) in [6.45, 7) is 0. The number of rotatable bonds is 5. The molecule has 3 heteroatoms. The molecule has 0 saturated heterocycles. The highest BCUT2D eigenvalue weighted by molar-refractivity contribution is 6.17. The summed E-state index contributed by atoms with van der Waals surface area (Å²) in [5.74, 6) is 0.712. The molecule has 0 spiro atoms. The summed E-state index contributed by atoms with van der Waals surface area (Å²) >= 11 is 5.54. The van der Waals surface area contributed by atoms with E-state index in [2.05, 4.69) is 23.4 Å². The Morgan fingerprint density at radius 3 is 2.85 bits per heavy atom. The second kappa shape index (κ2) is 5.81. The third-order valence-electron chi connectivity index (χ3n) is 1.80. The topological polar surface area (TPSA) is 17.8 Å². The first-order chi connectivity index (χ1) is 6.33. The Hall–Kier alpha value is -0.760. The average Bonchev–Trinajstić information content (AvgIpc) is 2.51. The van der Waals surface area contributed by atoms with Crippen molar-refractivity contribution in [2.75, 3.05) is 5.88 Å². The number of hydrogen-bond acceptors (Lipinski definition) is 1. The first-order valence-electron chi connectivity index (χ1n) is 4.51. The Kier molecular flexibility index (Phi) is 4.61. The number of alkyl halides is 1. The fraction of sp³-hybridized carbons (Fsp3) is 0.500. The predicted octanol–water partition coefficient (Wildman–Crippen LogP) is 2.54. The minimum absolute atomic E-state index is 0.712. The molecule has 0 aliphatic carbocycles. The van der Waals surface area contributed by atoms with Crippen LogP contribution in [0.5, 0.6) is 0 Å².